The Hall–Kier alpha value is -6.36. The highest BCUT2D eigenvalue weighted by atomic mass is 28.3. The van der Waals surface area contributed by atoms with E-state index in [0.29, 0.717) is 0 Å². The van der Waals surface area contributed by atoms with Gasteiger partial charge in [-0.25, -0.2) is 0 Å². The SMILES string of the molecule is Cc1ccc2c(c1)N(c1ccc([Si](c3ccccc3)(c3ccccc3)c3ccccc3)cc1C)c1cc(C)cc3c1B2c1cc(C(C)(C)C)ccc1N3c1ccc(C(C)(C)C)cc1. The Morgan fingerprint density at radius 3 is 1.43 bits per heavy atom. The van der Waals surface area contributed by atoms with Gasteiger partial charge in [0.2, 0.25) is 0 Å². The lowest BCUT2D eigenvalue weighted by Gasteiger charge is -2.45. The van der Waals surface area contributed by atoms with Gasteiger partial charge in [0.25, 0.3) is 6.71 Å². The lowest BCUT2D eigenvalue weighted by molar-refractivity contribution is 0.590. The van der Waals surface area contributed by atoms with Crippen LogP contribution >= 0.6 is 0 Å². The minimum absolute atomic E-state index is 0.00193. The molecule has 0 atom stereocenters. The first kappa shape index (κ1) is 40.7. The van der Waals surface area contributed by atoms with Gasteiger partial charge in [0.05, 0.1) is 0 Å². The van der Waals surface area contributed by atoms with Gasteiger partial charge in [-0.3, -0.25) is 0 Å². The van der Waals surface area contributed by atoms with Crippen molar-refractivity contribution in [3.05, 3.63) is 210 Å². The lowest BCUT2D eigenvalue weighted by atomic mass is 9.33. The molecule has 0 bridgehead atoms. The van der Waals surface area contributed by atoms with Gasteiger partial charge in [-0.2, -0.15) is 0 Å². The second-order valence-electron chi connectivity index (χ2n) is 20.1. The van der Waals surface area contributed by atoms with Gasteiger partial charge in [-0.05, 0) is 139 Å². The molecular formula is C59H57BN2Si. The predicted molar refractivity (Wildman–Crippen MR) is 276 cm³/mol. The Morgan fingerprint density at radius 2 is 0.889 bits per heavy atom. The van der Waals surface area contributed by atoms with E-state index in [1.807, 2.05) is 0 Å². The predicted octanol–water partition coefficient (Wildman–Crippen LogP) is 10.7. The van der Waals surface area contributed by atoms with Crippen LogP contribution in [0, 0.1) is 20.8 Å². The number of hydrogen-bond acceptors (Lipinski definition) is 2. The van der Waals surface area contributed by atoms with Gasteiger partial charge >= 0.3 is 0 Å². The first-order chi connectivity index (χ1) is 30.2. The van der Waals surface area contributed by atoms with Crippen molar-refractivity contribution < 1.29 is 0 Å². The first-order valence-electron chi connectivity index (χ1n) is 22.6. The maximum Gasteiger partial charge on any atom is 0.252 e. The molecule has 0 amide bonds. The molecule has 2 aliphatic heterocycles. The van der Waals surface area contributed by atoms with Gasteiger partial charge in [0.1, 0.15) is 0 Å². The molecule has 8 aromatic carbocycles. The summed E-state index contributed by atoms with van der Waals surface area (Å²) in [6.45, 7) is 20.8. The molecule has 0 radical (unpaired) electrons. The van der Waals surface area contributed by atoms with E-state index in [1.165, 1.54) is 99.1 Å². The van der Waals surface area contributed by atoms with Crippen LogP contribution in [0.4, 0.5) is 34.1 Å². The zero-order valence-corrected chi connectivity index (χ0v) is 39.3. The van der Waals surface area contributed by atoms with Crippen molar-refractivity contribution >= 4 is 86.0 Å². The zero-order valence-electron chi connectivity index (χ0n) is 38.3. The molecule has 0 N–H and O–H groups in total. The molecule has 8 aromatic rings. The molecule has 63 heavy (non-hydrogen) atoms. The van der Waals surface area contributed by atoms with E-state index in [1.54, 1.807) is 0 Å². The third-order valence-corrected chi connectivity index (χ3v) is 18.5. The Bertz CT molecular complexity index is 2900. The third kappa shape index (κ3) is 6.70. The van der Waals surface area contributed by atoms with E-state index in [2.05, 4.69) is 254 Å². The fraction of sp³-hybridized carbons (Fsp3) is 0.186. The fourth-order valence-electron chi connectivity index (χ4n) is 10.6. The van der Waals surface area contributed by atoms with Crippen LogP contribution in [0.15, 0.2) is 182 Å². The summed E-state index contributed by atoms with van der Waals surface area (Å²) in [5.41, 5.74) is 18.0. The van der Waals surface area contributed by atoms with Crippen molar-refractivity contribution in [1.29, 1.82) is 0 Å². The molecule has 10 rings (SSSR count). The van der Waals surface area contributed by atoms with Crippen LogP contribution in [0.25, 0.3) is 0 Å². The molecule has 310 valence electrons. The molecule has 2 aliphatic rings. The lowest BCUT2D eigenvalue weighted by Crippen LogP contribution is -2.74. The zero-order chi connectivity index (χ0) is 43.8. The van der Waals surface area contributed by atoms with E-state index < -0.39 is 8.07 Å². The van der Waals surface area contributed by atoms with Crippen molar-refractivity contribution in [2.45, 2.75) is 73.1 Å². The van der Waals surface area contributed by atoms with Crippen LogP contribution in [-0.4, -0.2) is 14.8 Å². The van der Waals surface area contributed by atoms with Gasteiger partial charge < -0.3 is 9.80 Å². The van der Waals surface area contributed by atoms with Crippen LogP contribution in [0.2, 0.25) is 0 Å². The molecule has 4 heteroatoms. The second-order valence-corrected chi connectivity index (χ2v) is 23.9. The second kappa shape index (κ2) is 15.2. The molecule has 0 aromatic heterocycles. The number of anilines is 6. The van der Waals surface area contributed by atoms with Crippen molar-refractivity contribution in [2.75, 3.05) is 9.80 Å². The summed E-state index contributed by atoms with van der Waals surface area (Å²) >= 11 is 0. The summed E-state index contributed by atoms with van der Waals surface area (Å²) in [5, 5.41) is 5.53. The van der Waals surface area contributed by atoms with Gasteiger partial charge in [0, 0.05) is 34.1 Å². The molecule has 2 nitrogen and oxygen atoms in total. The van der Waals surface area contributed by atoms with Crippen molar-refractivity contribution in [3.63, 3.8) is 0 Å². The Kier molecular flexibility index (Phi) is 9.80. The highest BCUT2D eigenvalue weighted by Gasteiger charge is 2.45. The number of hydrogen-bond donors (Lipinski definition) is 0. The number of benzene rings is 8. The van der Waals surface area contributed by atoms with Gasteiger partial charge in [-0.1, -0.05) is 181 Å². The molecule has 0 spiro atoms. The van der Waals surface area contributed by atoms with E-state index in [-0.39, 0.29) is 17.5 Å². The minimum Gasteiger partial charge on any atom is -0.311 e. The smallest absolute Gasteiger partial charge is 0.252 e. The quantitative estimate of drug-likeness (QED) is 0.122. The number of nitrogens with zero attached hydrogens (tertiary/aromatic N) is 2. The summed E-state index contributed by atoms with van der Waals surface area (Å²) in [5.74, 6) is 0. The number of aryl methyl sites for hydroxylation is 3. The molecule has 0 fully saturated rings. The average molecular weight is 833 g/mol. The highest BCUT2D eigenvalue weighted by molar-refractivity contribution is 7.19. The maximum absolute atomic E-state index is 2.73. The summed E-state index contributed by atoms with van der Waals surface area (Å²) < 4.78 is 0. The summed E-state index contributed by atoms with van der Waals surface area (Å²) in [6, 6.07) is 69.8. The van der Waals surface area contributed by atoms with E-state index in [4.69, 9.17) is 0 Å². The largest absolute Gasteiger partial charge is 0.311 e. The molecule has 2 heterocycles. The molecule has 0 aliphatic carbocycles. The van der Waals surface area contributed by atoms with E-state index >= 15 is 0 Å². The number of fused-ring (bicyclic) bond motifs is 4. The van der Waals surface area contributed by atoms with Crippen molar-refractivity contribution in [1.82, 2.24) is 0 Å². The monoisotopic (exact) mass is 832 g/mol. The van der Waals surface area contributed by atoms with Crippen LogP contribution in [-0.2, 0) is 10.8 Å². The number of rotatable bonds is 6. The fourth-order valence-corrected chi connectivity index (χ4v) is 15.4. The van der Waals surface area contributed by atoms with Crippen LogP contribution in [0.1, 0.15) is 69.4 Å². The van der Waals surface area contributed by atoms with Crippen molar-refractivity contribution in [2.24, 2.45) is 0 Å². The Balaban J connectivity index is 1.23. The van der Waals surface area contributed by atoms with Gasteiger partial charge in [0.15, 0.2) is 8.07 Å². The Morgan fingerprint density at radius 1 is 0.381 bits per heavy atom. The highest BCUT2D eigenvalue weighted by Crippen LogP contribution is 2.46. The van der Waals surface area contributed by atoms with Crippen LogP contribution in [0.3, 0.4) is 0 Å². The molecular weight excluding hydrogens is 776 g/mol. The van der Waals surface area contributed by atoms with Crippen LogP contribution < -0.4 is 46.9 Å². The summed E-state index contributed by atoms with van der Waals surface area (Å²) in [4.78, 5) is 5.14. The van der Waals surface area contributed by atoms with E-state index in [9.17, 15) is 0 Å². The minimum atomic E-state index is -2.73. The topological polar surface area (TPSA) is 6.48 Å². The first-order valence-corrected chi connectivity index (χ1v) is 24.6. The Labute approximate surface area is 377 Å². The van der Waals surface area contributed by atoms with Crippen molar-refractivity contribution in [3.8, 4) is 0 Å². The summed E-state index contributed by atoms with van der Waals surface area (Å²) in [7, 11) is -2.73. The third-order valence-electron chi connectivity index (χ3n) is 13.7. The molecule has 0 saturated carbocycles. The normalized spacial score (nSPS) is 13.4. The summed E-state index contributed by atoms with van der Waals surface area (Å²) in [6.07, 6.45) is 0. The maximum atomic E-state index is 2.60. The average Bonchev–Trinajstić information content (AvgIpc) is 3.27. The molecule has 0 saturated heterocycles. The van der Waals surface area contributed by atoms with E-state index in [0.717, 1.165) is 0 Å². The van der Waals surface area contributed by atoms with Gasteiger partial charge in [-0.15, -0.1) is 0 Å². The standard InChI is InChI=1S/C59H57BN2Si/c1-40-25-32-50-54(35-40)62(52-34-31-49(38-42(52)3)63(46-19-13-10-14-20-46,47-21-15-11-16-22-47)48-23-17-12-18-24-48)56-37-41(2)36-55-57(56)60(50)51-39-44(59(7,8)9)28-33-53(51)61(55)45-29-26-43(27-30-45)58(4,5)6/h10-39H,1-9H3. The van der Waals surface area contributed by atoms with Crippen LogP contribution in [0.5, 0.6) is 0 Å². The molecule has 0 unspecified atom stereocenters.